The number of methoxy groups -OCH3 is 1. The first kappa shape index (κ1) is 21.8. The number of ether oxygens (including phenoxy) is 2. The number of fused-ring (bicyclic) bond motifs is 2. The molecule has 0 radical (unpaired) electrons. The van der Waals surface area contributed by atoms with E-state index in [-0.39, 0.29) is 18.0 Å². The second kappa shape index (κ2) is 9.44. The van der Waals surface area contributed by atoms with Gasteiger partial charge in [-0.1, -0.05) is 0 Å². The van der Waals surface area contributed by atoms with E-state index in [0.29, 0.717) is 43.5 Å². The Morgan fingerprint density at radius 3 is 3.00 bits per heavy atom. The number of benzene rings is 1. The third-order valence-corrected chi connectivity index (χ3v) is 6.68. The number of piperidine rings is 1. The first-order chi connectivity index (χ1) is 16.1. The topological polar surface area (TPSA) is 109 Å². The molecule has 0 saturated carbocycles. The van der Waals surface area contributed by atoms with E-state index in [4.69, 9.17) is 14.5 Å². The van der Waals surface area contributed by atoms with Gasteiger partial charge in [0.2, 0.25) is 5.91 Å². The van der Waals surface area contributed by atoms with Crippen molar-refractivity contribution in [2.75, 3.05) is 33.4 Å². The van der Waals surface area contributed by atoms with Gasteiger partial charge >= 0.3 is 0 Å². The van der Waals surface area contributed by atoms with E-state index in [1.807, 2.05) is 6.07 Å². The number of carbonyl (C=O) groups excluding carboxylic acids is 1. The summed E-state index contributed by atoms with van der Waals surface area (Å²) >= 11 is 0. The summed E-state index contributed by atoms with van der Waals surface area (Å²) in [7, 11) is 1.68. The number of carbonyl (C=O) groups is 1. The van der Waals surface area contributed by atoms with Crippen LogP contribution in [0.5, 0.6) is 5.75 Å². The third-order valence-electron chi connectivity index (χ3n) is 6.68. The first-order valence-electron chi connectivity index (χ1n) is 11.5. The molecule has 174 valence electrons. The molecule has 0 bridgehead atoms. The van der Waals surface area contributed by atoms with Crippen molar-refractivity contribution in [1.82, 2.24) is 20.2 Å². The Bertz CT molecular complexity index is 1130. The Labute approximate surface area is 192 Å². The fraction of sp³-hybridized carbons (Fsp3) is 0.500. The Morgan fingerprint density at radius 2 is 2.18 bits per heavy atom. The van der Waals surface area contributed by atoms with Gasteiger partial charge in [-0.15, -0.1) is 0 Å². The highest BCUT2D eigenvalue weighted by atomic mass is 16.5. The van der Waals surface area contributed by atoms with E-state index >= 15 is 0 Å². The molecule has 5 rings (SSSR count). The van der Waals surface area contributed by atoms with Crippen molar-refractivity contribution in [2.45, 2.75) is 39.0 Å². The molecule has 0 aliphatic carbocycles. The molecule has 4 heterocycles. The lowest BCUT2D eigenvalue weighted by Crippen LogP contribution is -2.42. The summed E-state index contributed by atoms with van der Waals surface area (Å²) in [5, 5.41) is 2.89. The quantitative estimate of drug-likeness (QED) is 0.683. The van der Waals surface area contributed by atoms with Gasteiger partial charge in [0.15, 0.2) is 0 Å². The molecule has 3 aliphatic rings. The monoisotopic (exact) mass is 451 g/mol. The lowest BCUT2D eigenvalue weighted by molar-refractivity contribution is -0.122. The van der Waals surface area contributed by atoms with Gasteiger partial charge in [-0.2, -0.15) is 0 Å². The second-order valence-corrected chi connectivity index (χ2v) is 8.79. The first-order valence-corrected chi connectivity index (χ1v) is 11.5. The molecule has 3 aliphatic heterocycles. The minimum absolute atomic E-state index is 0.0622. The van der Waals surface area contributed by atoms with Gasteiger partial charge < -0.3 is 19.8 Å². The number of rotatable bonds is 6. The minimum atomic E-state index is -0.180. The van der Waals surface area contributed by atoms with Crippen LogP contribution in [-0.4, -0.2) is 59.8 Å². The maximum atomic E-state index is 12.5. The Morgan fingerprint density at radius 1 is 1.33 bits per heavy atom. The molecule has 2 N–H and O–H groups in total. The van der Waals surface area contributed by atoms with E-state index in [0.717, 1.165) is 43.9 Å². The minimum Gasteiger partial charge on any atom is -0.497 e. The molecule has 1 aromatic carbocycles. The number of hydrogen-bond acceptors (Lipinski definition) is 7. The standard InChI is InChI=1S/C24H29N5O4/c1-32-17-2-3-18-16(10-17)11-26-23(18)15-4-7-29(8-5-15)13-22(30)25-12-21-27-20-6-9-33-14-19(20)24(31)28-21/h2-3,10,15H,4-9,11-14H2,1H3,(H,25,30)(H,27,28,31). The number of aromatic amines is 1. The molecule has 0 spiro atoms. The smallest absolute Gasteiger partial charge is 0.256 e. The van der Waals surface area contributed by atoms with E-state index in [2.05, 4.69) is 32.3 Å². The van der Waals surface area contributed by atoms with Crippen LogP contribution in [0, 0.1) is 5.92 Å². The van der Waals surface area contributed by atoms with Crippen molar-refractivity contribution in [2.24, 2.45) is 10.9 Å². The summed E-state index contributed by atoms with van der Waals surface area (Å²) in [6, 6.07) is 6.19. The Kier molecular flexibility index (Phi) is 6.24. The fourth-order valence-electron chi connectivity index (χ4n) is 4.87. The number of hydrogen-bond donors (Lipinski definition) is 2. The molecule has 0 atom stereocenters. The van der Waals surface area contributed by atoms with Crippen LogP contribution in [0.1, 0.15) is 41.1 Å². The second-order valence-electron chi connectivity index (χ2n) is 8.79. The Hall–Kier alpha value is -3.04. The van der Waals surface area contributed by atoms with Gasteiger partial charge in [0, 0.05) is 23.6 Å². The lowest BCUT2D eigenvalue weighted by Gasteiger charge is -2.31. The average molecular weight is 452 g/mol. The highest BCUT2D eigenvalue weighted by molar-refractivity contribution is 6.05. The maximum Gasteiger partial charge on any atom is 0.256 e. The Balaban J connectivity index is 1.11. The largest absolute Gasteiger partial charge is 0.497 e. The number of nitrogens with zero attached hydrogens (tertiary/aromatic N) is 3. The van der Waals surface area contributed by atoms with E-state index < -0.39 is 0 Å². The van der Waals surface area contributed by atoms with Crippen LogP contribution in [0.4, 0.5) is 0 Å². The zero-order valence-electron chi connectivity index (χ0n) is 18.9. The van der Waals surface area contributed by atoms with Gasteiger partial charge in [-0.05, 0) is 49.7 Å². The van der Waals surface area contributed by atoms with Gasteiger partial charge in [-0.3, -0.25) is 19.5 Å². The van der Waals surface area contributed by atoms with Gasteiger partial charge in [0.1, 0.15) is 11.6 Å². The molecule has 1 fully saturated rings. The number of amides is 1. The predicted octanol–water partition coefficient (Wildman–Crippen LogP) is 1.18. The number of aromatic nitrogens is 2. The number of aliphatic imine (C=N–C) groups is 1. The van der Waals surface area contributed by atoms with Crippen LogP contribution < -0.4 is 15.6 Å². The van der Waals surface area contributed by atoms with Crippen molar-refractivity contribution in [3.63, 3.8) is 0 Å². The van der Waals surface area contributed by atoms with Crippen LogP contribution in [0.2, 0.25) is 0 Å². The van der Waals surface area contributed by atoms with Crippen LogP contribution in [-0.2, 0) is 35.6 Å². The average Bonchev–Trinajstić information content (AvgIpc) is 3.26. The molecule has 1 amide bonds. The highest BCUT2D eigenvalue weighted by Crippen LogP contribution is 2.30. The summed E-state index contributed by atoms with van der Waals surface area (Å²) in [6.45, 7) is 3.86. The molecular weight excluding hydrogens is 422 g/mol. The van der Waals surface area contributed by atoms with Crippen molar-refractivity contribution < 1.29 is 14.3 Å². The lowest BCUT2D eigenvalue weighted by atomic mass is 9.87. The van der Waals surface area contributed by atoms with E-state index in [1.165, 1.54) is 16.8 Å². The zero-order valence-corrected chi connectivity index (χ0v) is 18.9. The van der Waals surface area contributed by atoms with Gasteiger partial charge in [0.25, 0.3) is 5.56 Å². The van der Waals surface area contributed by atoms with E-state index in [9.17, 15) is 9.59 Å². The summed E-state index contributed by atoms with van der Waals surface area (Å²) in [4.78, 5) is 38.9. The number of nitrogens with one attached hydrogen (secondary N) is 2. The molecule has 1 aromatic heterocycles. The van der Waals surface area contributed by atoms with Crippen molar-refractivity contribution in [3.8, 4) is 5.75 Å². The number of likely N-dealkylation sites (tertiary alicyclic amines) is 1. The maximum absolute atomic E-state index is 12.5. The molecular formula is C24H29N5O4. The molecule has 9 heteroatoms. The summed E-state index contributed by atoms with van der Waals surface area (Å²) in [5.41, 5.74) is 4.85. The van der Waals surface area contributed by atoms with Crippen molar-refractivity contribution >= 4 is 11.6 Å². The fourth-order valence-corrected chi connectivity index (χ4v) is 4.87. The normalized spacial score (nSPS) is 18.4. The molecule has 1 saturated heterocycles. The van der Waals surface area contributed by atoms with Crippen LogP contribution in [0.25, 0.3) is 0 Å². The van der Waals surface area contributed by atoms with Crippen molar-refractivity contribution in [3.05, 3.63) is 56.8 Å². The zero-order chi connectivity index (χ0) is 22.8. The van der Waals surface area contributed by atoms with Gasteiger partial charge in [0.05, 0.1) is 51.2 Å². The summed E-state index contributed by atoms with van der Waals surface area (Å²) in [6.07, 6.45) is 2.59. The van der Waals surface area contributed by atoms with Crippen LogP contribution in [0.15, 0.2) is 28.0 Å². The summed E-state index contributed by atoms with van der Waals surface area (Å²) in [5.74, 6) is 1.72. The van der Waals surface area contributed by atoms with Gasteiger partial charge in [-0.25, -0.2) is 4.98 Å². The SMILES string of the molecule is COc1ccc2c(c1)CN=C2C1CCN(CC(=O)NCc2nc3c(c(=O)[nH]2)COCC3)CC1. The van der Waals surface area contributed by atoms with Crippen molar-refractivity contribution in [1.29, 1.82) is 0 Å². The highest BCUT2D eigenvalue weighted by Gasteiger charge is 2.28. The van der Waals surface area contributed by atoms with Crippen LogP contribution in [0.3, 0.4) is 0 Å². The van der Waals surface area contributed by atoms with Crippen LogP contribution >= 0.6 is 0 Å². The number of H-pyrrole nitrogens is 1. The molecule has 9 nitrogen and oxygen atoms in total. The van der Waals surface area contributed by atoms with E-state index in [1.54, 1.807) is 7.11 Å². The predicted molar refractivity (Wildman–Crippen MR) is 122 cm³/mol. The molecule has 0 unspecified atom stereocenters. The summed E-state index contributed by atoms with van der Waals surface area (Å²) < 4.78 is 10.6. The molecule has 2 aromatic rings. The molecule has 33 heavy (non-hydrogen) atoms. The third kappa shape index (κ3) is 4.69.